The molecule has 0 aliphatic carbocycles. The topological polar surface area (TPSA) is 8.17 Å². The molecule has 0 amide bonds. The highest BCUT2D eigenvalue weighted by Gasteiger charge is 2.23. The fraction of sp³-hybridized carbons (Fsp3) is 0. The third-order valence-corrected chi connectivity index (χ3v) is 11.3. The molecule has 0 spiro atoms. The van der Waals surface area contributed by atoms with E-state index in [9.17, 15) is 0 Å². The summed E-state index contributed by atoms with van der Waals surface area (Å²) in [6.07, 6.45) is 0. The van der Waals surface area contributed by atoms with Crippen molar-refractivity contribution in [1.29, 1.82) is 0 Å². The SMILES string of the molecule is [2H]c1c([2H])c([2H])c(-c2ccc(N(c3ccccc3-c3ccc4ccccc4c3)c3ccccc3-c3cccc4c3c3ccccc3n4-c3cccc4ccccc34)cc2)c([2H])c1[2H]. The van der Waals surface area contributed by atoms with Crippen LogP contribution >= 0.6 is 0 Å². The van der Waals surface area contributed by atoms with Gasteiger partial charge in [-0.3, -0.25) is 0 Å². The van der Waals surface area contributed by atoms with Crippen LogP contribution in [0.5, 0.6) is 0 Å². The van der Waals surface area contributed by atoms with Crippen LogP contribution < -0.4 is 4.90 Å². The first-order valence-corrected chi connectivity index (χ1v) is 19.5. The maximum Gasteiger partial charge on any atom is 0.0629 e. The van der Waals surface area contributed by atoms with Crippen molar-refractivity contribution in [2.75, 3.05) is 4.90 Å². The van der Waals surface area contributed by atoms with Gasteiger partial charge >= 0.3 is 0 Å². The summed E-state index contributed by atoms with van der Waals surface area (Å²) in [7, 11) is 0. The largest absolute Gasteiger partial charge is 0.309 e. The van der Waals surface area contributed by atoms with Gasteiger partial charge in [-0.2, -0.15) is 0 Å². The van der Waals surface area contributed by atoms with Crippen LogP contribution in [0.15, 0.2) is 230 Å². The molecule has 0 bridgehead atoms. The summed E-state index contributed by atoms with van der Waals surface area (Å²) in [6, 6.07) is 68.3. The lowest BCUT2D eigenvalue weighted by molar-refractivity contribution is 1.20. The van der Waals surface area contributed by atoms with E-state index in [0.29, 0.717) is 5.56 Å². The molecule has 1 heterocycles. The second kappa shape index (κ2) is 14.1. The number of para-hydroxylation sites is 3. The van der Waals surface area contributed by atoms with Crippen molar-refractivity contribution in [3.63, 3.8) is 0 Å². The van der Waals surface area contributed by atoms with E-state index in [1.165, 1.54) is 16.2 Å². The monoisotopic (exact) mass is 743 g/mol. The van der Waals surface area contributed by atoms with E-state index in [0.717, 1.165) is 72.2 Å². The third kappa shape index (κ3) is 5.66. The lowest BCUT2D eigenvalue weighted by Gasteiger charge is -2.30. The summed E-state index contributed by atoms with van der Waals surface area (Å²) in [6.45, 7) is 0. The smallest absolute Gasteiger partial charge is 0.0629 e. The molecular formula is C56H38N2. The molecular weight excluding hydrogens is 701 g/mol. The van der Waals surface area contributed by atoms with Crippen molar-refractivity contribution >= 4 is 60.4 Å². The maximum absolute atomic E-state index is 8.72. The maximum atomic E-state index is 8.72. The minimum atomic E-state index is -0.409. The Morgan fingerprint density at radius 1 is 0.379 bits per heavy atom. The molecule has 1 aromatic heterocycles. The second-order valence-electron chi connectivity index (χ2n) is 14.5. The molecule has 0 saturated carbocycles. The van der Waals surface area contributed by atoms with Gasteiger partial charge in [0, 0.05) is 33.0 Å². The van der Waals surface area contributed by atoms with Crippen LogP contribution in [-0.2, 0) is 0 Å². The Morgan fingerprint density at radius 2 is 0.966 bits per heavy atom. The normalized spacial score (nSPS) is 12.7. The minimum absolute atomic E-state index is 0.172. The van der Waals surface area contributed by atoms with Gasteiger partial charge in [0.05, 0.1) is 34.9 Å². The van der Waals surface area contributed by atoms with Crippen LogP contribution in [0.25, 0.3) is 82.4 Å². The number of aromatic nitrogens is 1. The van der Waals surface area contributed by atoms with Crippen molar-refractivity contribution < 1.29 is 6.85 Å². The third-order valence-electron chi connectivity index (χ3n) is 11.3. The van der Waals surface area contributed by atoms with Crippen molar-refractivity contribution in [1.82, 2.24) is 4.57 Å². The van der Waals surface area contributed by atoms with E-state index in [-0.39, 0.29) is 29.7 Å². The summed E-state index contributed by atoms with van der Waals surface area (Å²) in [5.41, 5.74) is 11.0. The fourth-order valence-electron chi connectivity index (χ4n) is 8.65. The molecule has 0 saturated heterocycles. The van der Waals surface area contributed by atoms with Gasteiger partial charge < -0.3 is 9.47 Å². The summed E-state index contributed by atoms with van der Waals surface area (Å²) in [5, 5.41) is 6.97. The van der Waals surface area contributed by atoms with Crippen LogP contribution in [0, 0.1) is 0 Å². The summed E-state index contributed by atoms with van der Waals surface area (Å²) >= 11 is 0. The Labute approximate surface area is 345 Å². The molecule has 10 aromatic carbocycles. The first-order valence-electron chi connectivity index (χ1n) is 22.0. The van der Waals surface area contributed by atoms with Crippen molar-refractivity contribution in [2.45, 2.75) is 0 Å². The zero-order chi connectivity index (χ0) is 42.8. The first kappa shape index (κ1) is 28.7. The standard InChI is InChI=1S/C56H38N2/c1-2-16-39(17-3-1)41-34-36-45(37-35-41)57(51-27-11-8-23-47(51)44-33-32-40-18-4-5-20-43(40)38-44)53-28-12-9-24-48(53)49-26-15-31-55-56(49)50-25-10-13-29-54(50)58(55)52-30-14-21-42-19-6-7-22-46(42)52/h1-38H/i1D,2D,3D,16D,17D. The highest BCUT2D eigenvalue weighted by molar-refractivity contribution is 6.17. The molecule has 11 aromatic rings. The number of benzene rings is 10. The number of hydrogen-bond acceptors (Lipinski definition) is 1. The molecule has 2 heteroatoms. The molecule has 0 aliphatic rings. The fourth-order valence-corrected chi connectivity index (χ4v) is 8.65. The predicted molar refractivity (Wildman–Crippen MR) is 247 cm³/mol. The van der Waals surface area contributed by atoms with E-state index in [4.69, 9.17) is 6.85 Å². The van der Waals surface area contributed by atoms with Gasteiger partial charge in [0.25, 0.3) is 0 Å². The molecule has 0 aliphatic heterocycles. The van der Waals surface area contributed by atoms with Gasteiger partial charge in [-0.1, -0.05) is 182 Å². The van der Waals surface area contributed by atoms with Crippen LogP contribution in [-0.4, -0.2) is 4.57 Å². The van der Waals surface area contributed by atoms with Crippen molar-refractivity contribution in [2.24, 2.45) is 0 Å². The Morgan fingerprint density at radius 3 is 1.79 bits per heavy atom. The quantitative estimate of drug-likeness (QED) is 0.158. The van der Waals surface area contributed by atoms with Gasteiger partial charge in [-0.15, -0.1) is 0 Å². The van der Waals surface area contributed by atoms with Gasteiger partial charge in [0.1, 0.15) is 0 Å². The van der Waals surface area contributed by atoms with Crippen LogP contribution in [0.4, 0.5) is 17.1 Å². The summed E-state index contributed by atoms with van der Waals surface area (Å²) in [4.78, 5) is 2.29. The van der Waals surface area contributed by atoms with E-state index in [1.807, 2.05) is 24.3 Å². The lowest BCUT2D eigenvalue weighted by atomic mass is 9.95. The predicted octanol–water partition coefficient (Wildman–Crippen LogP) is 15.6. The van der Waals surface area contributed by atoms with E-state index in [1.54, 1.807) is 0 Å². The minimum Gasteiger partial charge on any atom is -0.309 e. The second-order valence-corrected chi connectivity index (χ2v) is 14.5. The molecule has 272 valence electrons. The number of fused-ring (bicyclic) bond motifs is 5. The molecule has 0 atom stereocenters. The van der Waals surface area contributed by atoms with E-state index in [2.05, 4.69) is 185 Å². The van der Waals surface area contributed by atoms with Gasteiger partial charge in [0.2, 0.25) is 0 Å². The highest BCUT2D eigenvalue weighted by atomic mass is 15.1. The number of anilines is 3. The Hall–Kier alpha value is -7.68. The molecule has 58 heavy (non-hydrogen) atoms. The van der Waals surface area contributed by atoms with Gasteiger partial charge in [0.15, 0.2) is 0 Å². The van der Waals surface area contributed by atoms with Crippen molar-refractivity contribution in [3.05, 3.63) is 230 Å². The van der Waals surface area contributed by atoms with Crippen LogP contribution in [0.2, 0.25) is 0 Å². The molecule has 11 rings (SSSR count). The number of nitrogens with zero attached hydrogens (tertiary/aromatic N) is 2. The number of hydrogen-bond donors (Lipinski definition) is 0. The molecule has 2 nitrogen and oxygen atoms in total. The summed E-state index contributed by atoms with van der Waals surface area (Å²) < 4.78 is 44.7. The Bertz CT molecular complexity index is 3560. The molecule has 0 fully saturated rings. The van der Waals surface area contributed by atoms with Crippen LogP contribution in [0.1, 0.15) is 6.85 Å². The van der Waals surface area contributed by atoms with Gasteiger partial charge in [-0.25, -0.2) is 0 Å². The molecule has 0 radical (unpaired) electrons. The Kier molecular flexibility index (Phi) is 6.98. The first-order chi connectivity index (χ1) is 30.9. The molecule has 0 N–H and O–H groups in total. The van der Waals surface area contributed by atoms with Gasteiger partial charge in [-0.05, 0) is 86.9 Å². The molecule has 0 unspecified atom stereocenters. The van der Waals surface area contributed by atoms with E-state index < -0.39 is 6.04 Å². The average molecular weight is 744 g/mol. The average Bonchev–Trinajstić information content (AvgIpc) is 3.68. The van der Waals surface area contributed by atoms with E-state index >= 15 is 0 Å². The zero-order valence-electron chi connectivity index (χ0n) is 36.4. The van der Waals surface area contributed by atoms with Crippen LogP contribution in [0.3, 0.4) is 0 Å². The Balaban J connectivity index is 1.16. The summed E-state index contributed by atoms with van der Waals surface area (Å²) in [5.74, 6) is 0. The zero-order valence-corrected chi connectivity index (χ0v) is 31.4. The lowest BCUT2D eigenvalue weighted by Crippen LogP contribution is -2.12. The van der Waals surface area contributed by atoms with Crippen molar-refractivity contribution in [3.8, 4) is 39.1 Å². The number of rotatable bonds is 7. The highest BCUT2D eigenvalue weighted by Crippen LogP contribution is 2.48.